The Morgan fingerprint density at radius 3 is 0.716 bits per heavy atom. The van der Waals surface area contributed by atoms with Crippen molar-refractivity contribution in [3.63, 3.8) is 0 Å². The highest BCUT2D eigenvalue weighted by molar-refractivity contribution is 6.11. The van der Waals surface area contributed by atoms with Crippen LogP contribution in [0.4, 0.5) is 0 Å². The molecule has 0 atom stereocenters. The molecule has 14 nitrogen and oxygen atoms in total. The lowest BCUT2D eigenvalue weighted by Gasteiger charge is -2.20. The highest BCUT2D eigenvalue weighted by Gasteiger charge is 2.26. The topological polar surface area (TPSA) is 157 Å². The SMILES string of the molecule is C.C.C.C.C.CC(C)(C)c1cnc(-c2ccccc2)nc1.CC(C)(C)c1cnc(-n2c3ccccc3c3ccccc32)nc1.CC(C)(C)c1cnc(C(C)(C)C)nc1.CC(C)(C)c1nc(-c2ccccc2)nc(-c2ccccc2)n1.CC(C)(C)c1nc(-n2c3ccccc3c3ccccc32)cc(-n2c3ccccc3c3ccccc32)n1. The Hall–Kier alpha value is -12.3. The molecule has 0 aliphatic rings. The van der Waals surface area contributed by atoms with E-state index in [1.807, 2.05) is 128 Å². The van der Waals surface area contributed by atoms with E-state index < -0.39 is 0 Å². The second-order valence-corrected chi connectivity index (χ2v) is 34.3. The van der Waals surface area contributed by atoms with Crippen molar-refractivity contribution in [3.8, 4) is 51.7 Å². The van der Waals surface area contributed by atoms with Gasteiger partial charge in [0.25, 0.3) is 0 Å². The molecule has 14 heteroatoms. The molecule has 9 aromatic carbocycles. The molecule has 0 aliphatic heterocycles. The van der Waals surface area contributed by atoms with Crippen LogP contribution in [0.5, 0.6) is 0 Å². The van der Waals surface area contributed by atoms with E-state index in [2.05, 4.69) is 335 Å². The van der Waals surface area contributed by atoms with Crippen LogP contribution in [0.25, 0.3) is 117 Å². The maximum atomic E-state index is 5.16. The van der Waals surface area contributed by atoms with E-state index in [0.717, 1.165) is 113 Å². The Balaban J connectivity index is 0.000000187. The number of aromatic nitrogens is 14. The summed E-state index contributed by atoms with van der Waals surface area (Å²) in [6, 6.07) is 83.3. The third-order valence-corrected chi connectivity index (χ3v) is 19.4. The normalized spacial score (nSPS) is 11.5. The molecule has 8 aromatic heterocycles. The van der Waals surface area contributed by atoms with Crippen molar-refractivity contribution in [1.82, 2.24) is 68.5 Å². The number of nitrogens with zero attached hydrogens (tertiary/aromatic N) is 14. The van der Waals surface area contributed by atoms with Gasteiger partial charge in [-0.15, -0.1) is 0 Å². The second-order valence-electron chi connectivity index (χ2n) is 34.3. The molecule has 0 saturated heterocycles. The zero-order chi connectivity index (χ0) is 78.6. The van der Waals surface area contributed by atoms with Crippen molar-refractivity contribution < 1.29 is 0 Å². The zero-order valence-electron chi connectivity index (χ0n) is 67.3. The lowest BCUT2D eigenvalue weighted by Crippen LogP contribution is -2.19. The molecule has 0 amide bonds. The van der Waals surface area contributed by atoms with E-state index in [0.29, 0.717) is 0 Å². The Labute approximate surface area is 689 Å². The average Bonchev–Trinajstić information content (AvgIpc) is 1.58. The Kier molecular flexibility index (Phi) is 28.1. The average molecular weight is 1540 g/mol. The van der Waals surface area contributed by atoms with Crippen LogP contribution in [0.3, 0.4) is 0 Å². The number of benzene rings is 9. The summed E-state index contributed by atoms with van der Waals surface area (Å²) in [7, 11) is 0. The van der Waals surface area contributed by atoms with Gasteiger partial charge in [0.15, 0.2) is 17.5 Å². The van der Waals surface area contributed by atoms with Gasteiger partial charge in [0, 0.05) is 109 Å². The highest BCUT2D eigenvalue weighted by atomic mass is 15.2. The van der Waals surface area contributed by atoms with Gasteiger partial charge >= 0.3 is 0 Å². The van der Waals surface area contributed by atoms with Gasteiger partial charge in [-0.3, -0.25) is 13.7 Å². The summed E-state index contributed by atoms with van der Waals surface area (Å²) in [5.74, 6) is 7.24. The number of hydrogen-bond donors (Lipinski definition) is 0. The molecule has 0 bridgehead atoms. The quantitative estimate of drug-likeness (QED) is 0.156. The lowest BCUT2D eigenvalue weighted by molar-refractivity contribution is 0.532. The van der Waals surface area contributed by atoms with Crippen LogP contribution in [-0.2, 0) is 32.5 Å². The number of fused-ring (bicyclic) bond motifs is 9. The number of para-hydroxylation sites is 6. The van der Waals surface area contributed by atoms with Crippen molar-refractivity contribution in [2.24, 2.45) is 0 Å². The van der Waals surface area contributed by atoms with Crippen LogP contribution in [0.2, 0.25) is 0 Å². The summed E-state index contributed by atoms with van der Waals surface area (Å²) in [6.07, 6.45) is 11.6. The van der Waals surface area contributed by atoms with Gasteiger partial charge in [0.2, 0.25) is 5.95 Å². The first-order valence-corrected chi connectivity index (χ1v) is 38.1. The Morgan fingerprint density at radius 1 is 0.207 bits per heavy atom. The predicted octanol–water partition coefficient (Wildman–Crippen LogP) is 27.0. The molecule has 0 saturated carbocycles. The molecule has 8 heterocycles. The molecule has 0 radical (unpaired) electrons. The van der Waals surface area contributed by atoms with E-state index in [1.54, 1.807) is 0 Å². The van der Waals surface area contributed by atoms with Crippen LogP contribution in [0, 0.1) is 0 Å². The van der Waals surface area contributed by atoms with E-state index >= 15 is 0 Å². The summed E-state index contributed by atoms with van der Waals surface area (Å²) in [5.41, 5.74) is 13.4. The van der Waals surface area contributed by atoms with Gasteiger partial charge in [-0.25, -0.2) is 54.8 Å². The van der Waals surface area contributed by atoms with Gasteiger partial charge < -0.3 is 0 Å². The minimum Gasteiger partial charge on any atom is -0.294 e. The first-order chi connectivity index (χ1) is 52.9. The fourth-order valence-electron chi connectivity index (χ4n) is 13.0. The van der Waals surface area contributed by atoms with Crippen LogP contribution < -0.4 is 0 Å². The maximum absolute atomic E-state index is 5.16. The molecule has 0 fully saturated rings. The van der Waals surface area contributed by atoms with Gasteiger partial charge in [-0.2, -0.15) is 0 Å². The molecule has 17 rings (SSSR count). The van der Waals surface area contributed by atoms with Crippen LogP contribution >= 0.6 is 0 Å². The smallest absolute Gasteiger partial charge is 0.234 e. The van der Waals surface area contributed by atoms with Crippen LogP contribution in [0.15, 0.2) is 280 Å². The molecular weight excluding hydrogens is 1420 g/mol. The third-order valence-electron chi connectivity index (χ3n) is 19.4. The Bertz CT molecular complexity index is 5660. The summed E-state index contributed by atoms with van der Waals surface area (Å²) in [4.78, 5) is 51.2. The van der Waals surface area contributed by atoms with Gasteiger partial charge in [0.1, 0.15) is 29.1 Å². The summed E-state index contributed by atoms with van der Waals surface area (Å²) in [5, 5.41) is 7.35. The minimum atomic E-state index is -0.220. The molecule has 17 aromatic rings. The van der Waals surface area contributed by atoms with Crippen LogP contribution in [-0.4, -0.2) is 68.5 Å². The van der Waals surface area contributed by atoms with E-state index in [1.165, 1.54) is 37.9 Å². The van der Waals surface area contributed by atoms with Gasteiger partial charge in [0.05, 0.1) is 33.1 Å². The van der Waals surface area contributed by atoms with Gasteiger partial charge in [-0.1, -0.05) is 362 Å². The number of rotatable bonds is 6. The summed E-state index contributed by atoms with van der Waals surface area (Å²) >= 11 is 0. The van der Waals surface area contributed by atoms with Crippen LogP contribution in [0.1, 0.15) is 196 Å². The molecular formula is C102H120N14. The number of hydrogen-bond acceptors (Lipinski definition) is 11. The first-order valence-electron chi connectivity index (χ1n) is 38.1. The zero-order valence-corrected chi connectivity index (χ0v) is 67.3. The predicted molar refractivity (Wildman–Crippen MR) is 493 cm³/mol. The molecule has 0 N–H and O–H groups in total. The fourth-order valence-corrected chi connectivity index (χ4v) is 13.0. The van der Waals surface area contributed by atoms with Crippen molar-refractivity contribution in [3.05, 3.63) is 314 Å². The first kappa shape index (κ1) is 89.3. The van der Waals surface area contributed by atoms with E-state index in [9.17, 15) is 0 Å². The minimum absolute atomic E-state index is 0. The maximum Gasteiger partial charge on any atom is 0.234 e. The van der Waals surface area contributed by atoms with E-state index in [4.69, 9.17) is 9.97 Å². The third kappa shape index (κ3) is 19.9. The lowest BCUT2D eigenvalue weighted by atomic mass is 9.89. The van der Waals surface area contributed by atoms with Crippen molar-refractivity contribution in [2.75, 3.05) is 0 Å². The van der Waals surface area contributed by atoms with Crippen molar-refractivity contribution in [1.29, 1.82) is 0 Å². The Morgan fingerprint density at radius 2 is 0.440 bits per heavy atom. The molecule has 0 spiro atoms. The largest absolute Gasteiger partial charge is 0.294 e. The van der Waals surface area contributed by atoms with E-state index in [-0.39, 0.29) is 69.6 Å². The van der Waals surface area contributed by atoms with Crippen molar-refractivity contribution in [2.45, 2.75) is 194 Å². The molecule has 598 valence electrons. The summed E-state index contributed by atoms with van der Waals surface area (Å²) in [6.45, 7) is 38.8. The monoisotopic (exact) mass is 1540 g/mol. The molecule has 0 aliphatic carbocycles. The second kappa shape index (κ2) is 36.5. The fraction of sp³-hybridized carbons (Fsp3) is 0.284. The molecule has 116 heavy (non-hydrogen) atoms. The van der Waals surface area contributed by atoms with Crippen molar-refractivity contribution >= 4 is 65.4 Å². The van der Waals surface area contributed by atoms with Gasteiger partial charge in [-0.05, 0) is 69.3 Å². The highest BCUT2D eigenvalue weighted by Crippen LogP contribution is 2.38. The standard InChI is InChI=1S/C32H26N4.C20H19N3.C19H19N3.C14H16N2.C12H20N2.5CH4/c1-32(2,3)31-33-29(35-25-16-8-4-12-21(25)22-13-5-9-17-26(22)35)20-30(34-31)36-27-18-10-6-14-23(27)24-15-7-11-19-28(24)36;1-20(2,3)14-12-21-19(22-13-14)23-17-10-6-4-8-15(17)16-9-5-7-11-18(16)23;1-19(2,3)18-21-16(14-10-6-4-7-11-14)20-17(22-18)15-12-8-5-9-13-15;1-14(2,3)12-9-15-13(16-10-12)11-7-5-4-6-8-11;1-11(2,3)9-7-13-10(14-8-9)12(4,5)6;;;;;/h4-20H,1-3H3;4-13H,1-3H3;4-13H,1-3H3;4-10H,1-3H3;7-8H,1-6H3;5*1H4. The molecule has 0 unspecified atom stereocenters. The summed E-state index contributed by atoms with van der Waals surface area (Å²) < 4.78 is 6.69.